The molecular weight excluding hydrogens is 358 g/mol. The topological polar surface area (TPSA) is 83.7 Å². The number of anilines is 1. The van der Waals surface area contributed by atoms with E-state index in [-0.39, 0.29) is 23.3 Å². The molecule has 2 aromatic rings. The summed E-state index contributed by atoms with van der Waals surface area (Å²) in [4.78, 5) is 33.1. The number of ether oxygens (including phenoxy) is 1. The molecule has 2 fully saturated rings. The van der Waals surface area contributed by atoms with E-state index < -0.39 is 0 Å². The number of fused-ring (bicyclic) bond motifs is 1. The first-order valence-electron chi connectivity index (χ1n) is 9.70. The number of methoxy groups -OCH3 is 1. The molecule has 1 aromatic heterocycles. The molecule has 2 aliphatic rings. The van der Waals surface area contributed by atoms with E-state index in [1.807, 2.05) is 13.1 Å². The molecule has 1 aliphatic heterocycles. The lowest BCUT2D eigenvalue weighted by molar-refractivity contribution is 0.413. The van der Waals surface area contributed by atoms with Gasteiger partial charge in [-0.1, -0.05) is 0 Å². The summed E-state index contributed by atoms with van der Waals surface area (Å²) in [5.41, 5.74) is 0.732. The lowest BCUT2D eigenvalue weighted by Crippen LogP contribution is -2.37. The van der Waals surface area contributed by atoms with Crippen LogP contribution < -0.4 is 26.2 Å². The third-order valence-electron chi connectivity index (χ3n) is 5.94. The number of nitrogens with zero attached hydrogens (tertiary/aromatic N) is 3. The summed E-state index contributed by atoms with van der Waals surface area (Å²) in [6.07, 6.45) is 2.84. The monoisotopic (exact) mass is 383 g/mol. The van der Waals surface area contributed by atoms with Gasteiger partial charge in [0, 0.05) is 25.0 Å². The molecule has 148 valence electrons. The number of rotatable bonds is 6. The van der Waals surface area contributed by atoms with Crippen LogP contribution in [0.15, 0.2) is 21.7 Å². The molecule has 8 heteroatoms. The second-order valence-electron chi connectivity index (χ2n) is 7.61. The van der Waals surface area contributed by atoms with Crippen molar-refractivity contribution in [1.82, 2.24) is 14.9 Å². The quantitative estimate of drug-likeness (QED) is 0.736. The molecular formula is C20H25N5O3. The van der Waals surface area contributed by atoms with Crippen molar-refractivity contribution in [2.75, 3.05) is 38.7 Å². The van der Waals surface area contributed by atoms with E-state index in [0.29, 0.717) is 29.1 Å². The second-order valence-corrected chi connectivity index (χ2v) is 7.61. The Labute approximate surface area is 162 Å². The molecule has 8 nitrogen and oxygen atoms in total. The molecule has 1 saturated carbocycles. The van der Waals surface area contributed by atoms with Gasteiger partial charge in [-0.05, 0) is 38.4 Å². The van der Waals surface area contributed by atoms with E-state index in [1.165, 1.54) is 0 Å². The van der Waals surface area contributed by atoms with Gasteiger partial charge in [-0.3, -0.25) is 14.3 Å². The van der Waals surface area contributed by atoms with Gasteiger partial charge in [0.1, 0.15) is 5.52 Å². The first-order valence-corrected chi connectivity index (χ1v) is 9.70. The normalized spacial score (nSPS) is 20.3. The highest BCUT2D eigenvalue weighted by Crippen LogP contribution is 2.42. The minimum Gasteiger partial charge on any atom is -0.492 e. The van der Waals surface area contributed by atoms with E-state index in [1.54, 1.807) is 17.7 Å². The molecule has 1 saturated heterocycles. The van der Waals surface area contributed by atoms with Crippen LogP contribution in [0.4, 0.5) is 5.69 Å². The summed E-state index contributed by atoms with van der Waals surface area (Å²) in [6, 6.07) is 3.96. The first-order chi connectivity index (χ1) is 13.6. The van der Waals surface area contributed by atoms with Crippen molar-refractivity contribution in [2.45, 2.75) is 31.3 Å². The van der Waals surface area contributed by atoms with E-state index in [9.17, 15) is 9.59 Å². The number of benzene rings is 1. The highest BCUT2D eigenvalue weighted by Gasteiger charge is 2.33. The third-order valence-corrected chi connectivity index (χ3v) is 5.94. The first kappa shape index (κ1) is 18.6. The predicted octanol–water partition coefficient (Wildman–Crippen LogP) is 1.37. The van der Waals surface area contributed by atoms with Crippen LogP contribution >= 0.6 is 0 Å². The SMILES string of the molecule is [C-]#[N+]CC(NC)C1CCN(c2ccc3c(=O)[nH]c(=O)n(C4CC4)c3c2OC)C1. The number of hydrogen-bond donors (Lipinski definition) is 2. The van der Waals surface area contributed by atoms with Crippen LogP contribution in [0.1, 0.15) is 25.3 Å². The van der Waals surface area contributed by atoms with Gasteiger partial charge in [0.15, 0.2) is 5.75 Å². The number of likely N-dealkylation sites (N-methyl/N-ethyl adjacent to an activating group) is 1. The fraction of sp³-hybridized carbons (Fsp3) is 0.550. The van der Waals surface area contributed by atoms with Gasteiger partial charge in [0.05, 0.1) is 24.2 Å². The van der Waals surface area contributed by atoms with Crippen LogP contribution in [0.2, 0.25) is 0 Å². The third kappa shape index (κ3) is 3.06. The Morgan fingerprint density at radius 1 is 1.36 bits per heavy atom. The number of H-pyrrole nitrogens is 1. The van der Waals surface area contributed by atoms with Crippen LogP contribution in [0.5, 0.6) is 5.75 Å². The van der Waals surface area contributed by atoms with Crippen LogP contribution in [0, 0.1) is 12.5 Å². The highest BCUT2D eigenvalue weighted by molar-refractivity contribution is 5.90. The maximum absolute atomic E-state index is 12.5. The average Bonchev–Trinajstić information content (AvgIpc) is 3.40. The van der Waals surface area contributed by atoms with Crippen LogP contribution in [0.25, 0.3) is 15.7 Å². The van der Waals surface area contributed by atoms with Crippen molar-refractivity contribution in [3.63, 3.8) is 0 Å². The lowest BCUT2D eigenvalue weighted by atomic mass is 9.99. The Bertz CT molecular complexity index is 1050. The minimum absolute atomic E-state index is 0.120. The molecule has 0 bridgehead atoms. The van der Waals surface area contributed by atoms with E-state index in [2.05, 4.69) is 20.0 Å². The molecule has 28 heavy (non-hydrogen) atoms. The molecule has 0 spiro atoms. The van der Waals surface area contributed by atoms with Gasteiger partial charge in [-0.25, -0.2) is 11.4 Å². The van der Waals surface area contributed by atoms with Crippen LogP contribution in [-0.2, 0) is 0 Å². The van der Waals surface area contributed by atoms with Gasteiger partial charge < -0.3 is 19.8 Å². The summed E-state index contributed by atoms with van der Waals surface area (Å²) in [5.74, 6) is 0.948. The molecule has 0 amide bonds. The van der Waals surface area contributed by atoms with Crippen LogP contribution in [-0.4, -0.2) is 49.4 Å². The van der Waals surface area contributed by atoms with Gasteiger partial charge in [-0.2, -0.15) is 0 Å². The van der Waals surface area contributed by atoms with Crippen molar-refractivity contribution in [3.8, 4) is 5.75 Å². The fourth-order valence-corrected chi connectivity index (χ4v) is 4.35. The zero-order valence-electron chi connectivity index (χ0n) is 16.2. The fourth-order valence-electron chi connectivity index (χ4n) is 4.35. The molecule has 2 heterocycles. The standard InChI is InChI=1S/C20H25N5O3/c1-21-10-15(22-2)12-8-9-24(11-12)16-7-6-14-17(18(16)28-3)25(13-4-5-13)20(27)23-19(14)26/h6-7,12-13,15,22H,4-5,8-11H2,2-3H3,(H,23,26,27). The molecule has 2 N–H and O–H groups in total. The zero-order valence-corrected chi connectivity index (χ0v) is 16.2. The summed E-state index contributed by atoms with van der Waals surface area (Å²) < 4.78 is 7.43. The Balaban J connectivity index is 1.79. The number of aromatic amines is 1. The smallest absolute Gasteiger partial charge is 0.329 e. The Kier molecular flexibility index (Phi) is 4.85. The zero-order chi connectivity index (χ0) is 19.8. The number of nitrogens with one attached hydrogen (secondary N) is 2. The average molecular weight is 383 g/mol. The second kappa shape index (κ2) is 7.32. The molecule has 0 radical (unpaired) electrons. The lowest BCUT2D eigenvalue weighted by Gasteiger charge is -2.24. The summed E-state index contributed by atoms with van der Waals surface area (Å²) in [5, 5.41) is 3.74. The maximum atomic E-state index is 12.5. The maximum Gasteiger partial charge on any atom is 0.329 e. The van der Waals surface area contributed by atoms with Crippen molar-refractivity contribution in [1.29, 1.82) is 0 Å². The summed E-state index contributed by atoms with van der Waals surface area (Å²) in [6.45, 7) is 9.28. The largest absolute Gasteiger partial charge is 0.492 e. The Morgan fingerprint density at radius 2 is 2.14 bits per heavy atom. The van der Waals surface area contributed by atoms with E-state index in [0.717, 1.165) is 38.0 Å². The van der Waals surface area contributed by atoms with Crippen LogP contribution in [0.3, 0.4) is 0 Å². The molecule has 1 aromatic carbocycles. The van der Waals surface area contributed by atoms with Crippen molar-refractivity contribution in [2.24, 2.45) is 5.92 Å². The molecule has 4 rings (SSSR count). The van der Waals surface area contributed by atoms with Gasteiger partial charge in [0.25, 0.3) is 5.56 Å². The molecule has 2 atom stereocenters. The summed E-state index contributed by atoms with van der Waals surface area (Å²) >= 11 is 0. The van der Waals surface area contributed by atoms with Crippen molar-refractivity contribution in [3.05, 3.63) is 44.4 Å². The number of aromatic nitrogens is 2. The van der Waals surface area contributed by atoms with E-state index >= 15 is 0 Å². The van der Waals surface area contributed by atoms with Crippen molar-refractivity contribution >= 4 is 16.6 Å². The van der Waals surface area contributed by atoms with Gasteiger partial charge in [0.2, 0.25) is 6.54 Å². The van der Waals surface area contributed by atoms with E-state index in [4.69, 9.17) is 11.3 Å². The highest BCUT2D eigenvalue weighted by atomic mass is 16.5. The Morgan fingerprint density at radius 3 is 2.79 bits per heavy atom. The van der Waals surface area contributed by atoms with Crippen molar-refractivity contribution < 1.29 is 4.74 Å². The number of hydrogen-bond acceptors (Lipinski definition) is 5. The Hall–Kier alpha value is -2.79. The van der Waals surface area contributed by atoms with Gasteiger partial charge >= 0.3 is 5.69 Å². The molecule has 2 unspecified atom stereocenters. The predicted molar refractivity (Wildman–Crippen MR) is 108 cm³/mol. The molecule has 1 aliphatic carbocycles. The summed E-state index contributed by atoms with van der Waals surface area (Å²) in [7, 11) is 3.49. The van der Waals surface area contributed by atoms with Gasteiger partial charge in [-0.15, -0.1) is 0 Å². The minimum atomic E-state index is -0.381.